The van der Waals surface area contributed by atoms with E-state index in [0.717, 1.165) is 36.9 Å². The third-order valence-corrected chi connectivity index (χ3v) is 5.42. The fourth-order valence-electron chi connectivity index (χ4n) is 3.57. The highest BCUT2D eigenvalue weighted by molar-refractivity contribution is 5.51. The number of hydrogen-bond donors (Lipinski definition) is 1. The molecule has 27 heavy (non-hydrogen) atoms. The molecule has 1 saturated heterocycles. The van der Waals surface area contributed by atoms with Crippen LogP contribution in [0.25, 0.3) is 5.65 Å². The van der Waals surface area contributed by atoms with E-state index in [0.29, 0.717) is 23.2 Å². The number of aromatic nitrogens is 6. The Morgan fingerprint density at radius 3 is 2.81 bits per heavy atom. The molecule has 0 unspecified atom stereocenters. The summed E-state index contributed by atoms with van der Waals surface area (Å²) in [6.45, 7) is 2.58. The van der Waals surface area contributed by atoms with Gasteiger partial charge < -0.3 is 10.2 Å². The summed E-state index contributed by atoms with van der Waals surface area (Å²) in [4.78, 5) is 2.25. The molecule has 0 atom stereocenters. The molecule has 9 nitrogen and oxygen atoms in total. The van der Waals surface area contributed by atoms with Crippen LogP contribution in [0, 0.1) is 17.2 Å². The summed E-state index contributed by atoms with van der Waals surface area (Å²) in [7, 11) is 0. The van der Waals surface area contributed by atoms with Crippen LogP contribution in [0.3, 0.4) is 0 Å². The van der Waals surface area contributed by atoms with E-state index in [1.807, 2.05) is 16.6 Å². The molecule has 4 heterocycles. The quantitative estimate of drug-likeness (QED) is 0.730. The standard InChI is InChI=1S/C18H19N9/c19-8-14-6-7-21-23-17(14)20-9-12-10-26(11-12)16-5-4-15-22-24-18(27(15)25-16)13-2-1-3-13/h4-7,12-13H,1-3,9-11H2,(H,20,23). The normalized spacial score (nSPS) is 17.4. The Kier molecular flexibility index (Phi) is 3.81. The molecule has 136 valence electrons. The van der Waals surface area contributed by atoms with Crippen LogP contribution in [0.1, 0.15) is 36.6 Å². The lowest BCUT2D eigenvalue weighted by molar-refractivity contribution is 0.393. The second kappa shape index (κ2) is 6.46. The van der Waals surface area contributed by atoms with Crippen LogP contribution in [0.2, 0.25) is 0 Å². The van der Waals surface area contributed by atoms with E-state index in [9.17, 15) is 0 Å². The van der Waals surface area contributed by atoms with Crippen LogP contribution in [-0.2, 0) is 0 Å². The zero-order chi connectivity index (χ0) is 18.2. The molecule has 5 rings (SSSR count). The Hall–Kier alpha value is -3.28. The van der Waals surface area contributed by atoms with Crippen molar-refractivity contribution in [3.05, 3.63) is 35.8 Å². The molecule has 0 bridgehead atoms. The van der Waals surface area contributed by atoms with Gasteiger partial charge in [0.1, 0.15) is 11.9 Å². The van der Waals surface area contributed by atoms with Crippen LogP contribution < -0.4 is 10.2 Å². The Bertz CT molecular complexity index is 1010. The maximum atomic E-state index is 9.11. The highest BCUT2D eigenvalue weighted by Gasteiger charge is 2.29. The smallest absolute Gasteiger partial charge is 0.178 e. The molecule has 1 aliphatic carbocycles. The first-order valence-corrected chi connectivity index (χ1v) is 9.25. The van der Waals surface area contributed by atoms with Crippen LogP contribution in [0.15, 0.2) is 24.4 Å². The van der Waals surface area contributed by atoms with Gasteiger partial charge in [0.15, 0.2) is 17.3 Å². The molecule has 2 fully saturated rings. The number of nitrogens with one attached hydrogen (secondary N) is 1. The Morgan fingerprint density at radius 2 is 2.04 bits per heavy atom. The van der Waals surface area contributed by atoms with Gasteiger partial charge in [-0.05, 0) is 31.0 Å². The minimum Gasteiger partial charge on any atom is -0.367 e. The highest BCUT2D eigenvalue weighted by Crippen LogP contribution is 2.35. The first-order chi connectivity index (χ1) is 13.3. The fraction of sp³-hybridized carbons (Fsp3) is 0.444. The highest BCUT2D eigenvalue weighted by atomic mass is 15.4. The summed E-state index contributed by atoms with van der Waals surface area (Å²) in [5.74, 6) is 3.47. The molecule has 1 saturated carbocycles. The molecule has 0 amide bonds. The number of fused-ring (bicyclic) bond motifs is 1. The SMILES string of the molecule is N#Cc1ccnnc1NCC1CN(c2ccc3nnc(C4CCC4)n3n2)C1. The van der Waals surface area contributed by atoms with Crippen molar-refractivity contribution in [3.63, 3.8) is 0 Å². The molecular weight excluding hydrogens is 342 g/mol. The van der Waals surface area contributed by atoms with Gasteiger partial charge in [-0.25, -0.2) is 0 Å². The van der Waals surface area contributed by atoms with Crippen LogP contribution in [-0.4, -0.2) is 49.6 Å². The van der Waals surface area contributed by atoms with Gasteiger partial charge in [0, 0.05) is 31.5 Å². The molecule has 0 spiro atoms. The lowest BCUT2D eigenvalue weighted by atomic mass is 9.85. The third kappa shape index (κ3) is 2.83. The average molecular weight is 361 g/mol. The second-order valence-corrected chi connectivity index (χ2v) is 7.20. The summed E-state index contributed by atoms with van der Waals surface area (Å²) < 4.78 is 1.91. The molecule has 1 N–H and O–H groups in total. The second-order valence-electron chi connectivity index (χ2n) is 7.20. The molecular formula is C18H19N9. The summed E-state index contributed by atoms with van der Waals surface area (Å²) in [5, 5.41) is 33.5. The van der Waals surface area contributed by atoms with Crippen molar-refractivity contribution in [3.8, 4) is 6.07 Å². The van der Waals surface area contributed by atoms with Crippen LogP contribution in [0.4, 0.5) is 11.6 Å². The summed E-state index contributed by atoms with van der Waals surface area (Å²) in [5.41, 5.74) is 1.33. The van der Waals surface area contributed by atoms with Crippen LogP contribution in [0.5, 0.6) is 0 Å². The van der Waals surface area contributed by atoms with Crippen molar-refractivity contribution < 1.29 is 0 Å². The number of nitriles is 1. The van der Waals surface area contributed by atoms with Gasteiger partial charge in [-0.15, -0.1) is 20.4 Å². The summed E-state index contributed by atoms with van der Waals surface area (Å²) in [6, 6.07) is 7.79. The summed E-state index contributed by atoms with van der Waals surface area (Å²) in [6.07, 6.45) is 5.15. The van der Waals surface area contributed by atoms with E-state index in [1.165, 1.54) is 25.5 Å². The molecule has 3 aromatic heterocycles. The predicted octanol–water partition coefficient (Wildman–Crippen LogP) is 1.60. The van der Waals surface area contributed by atoms with Gasteiger partial charge in [-0.3, -0.25) is 0 Å². The zero-order valence-corrected chi connectivity index (χ0v) is 14.8. The van der Waals surface area contributed by atoms with Crippen molar-refractivity contribution in [2.45, 2.75) is 25.2 Å². The van der Waals surface area contributed by atoms with Gasteiger partial charge in [0.25, 0.3) is 0 Å². The Morgan fingerprint density at radius 1 is 1.15 bits per heavy atom. The Balaban J connectivity index is 1.23. The molecule has 2 aliphatic rings. The van der Waals surface area contributed by atoms with Gasteiger partial charge in [0.05, 0.1) is 11.8 Å². The lowest BCUT2D eigenvalue weighted by Gasteiger charge is -2.40. The van der Waals surface area contributed by atoms with Gasteiger partial charge in [0.2, 0.25) is 0 Å². The molecule has 3 aromatic rings. The minimum absolute atomic E-state index is 0.475. The first-order valence-electron chi connectivity index (χ1n) is 9.25. The minimum atomic E-state index is 0.475. The van der Waals surface area contributed by atoms with E-state index >= 15 is 0 Å². The van der Waals surface area contributed by atoms with Crippen molar-refractivity contribution in [1.29, 1.82) is 5.26 Å². The number of rotatable bonds is 5. The number of hydrogen-bond acceptors (Lipinski definition) is 8. The van der Waals surface area contributed by atoms with E-state index < -0.39 is 0 Å². The van der Waals surface area contributed by atoms with E-state index in [4.69, 9.17) is 10.4 Å². The fourth-order valence-corrected chi connectivity index (χ4v) is 3.57. The maximum Gasteiger partial charge on any atom is 0.178 e. The monoisotopic (exact) mass is 361 g/mol. The van der Waals surface area contributed by atoms with Gasteiger partial charge in [-0.2, -0.15) is 14.9 Å². The van der Waals surface area contributed by atoms with Gasteiger partial charge in [-0.1, -0.05) is 6.42 Å². The largest absolute Gasteiger partial charge is 0.367 e. The van der Waals surface area contributed by atoms with Crippen molar-refractivity contribution in [2.75, 3.05) is 29.9 Å². The number of nitrogens with zero attached hydrogens (tertiary/aromatic N) is 8. The number of anilines is 2. The molecule has 1 aliphatic heterocycles. The van der Waals surface area contributed by atoms with Crippen molar-refractivity contribution >= 4 is 17.3 Å². The third-order valence-electron chi connectivity index (χ3n) is 5.42. The van der Waals surface area contributed by atoms with Crippen LogP contribution >= 0.6 is 0 Å². The predicted molar refractivity (Wildman–Crippen MR) is 98.3 cm³/mol. The summed E-state index contributed by atoms with van der Waals surface area (Å²) >= 11 is 0. The Labute approximate surface area is 156 Å². The van der Waals surface area contributed by atoms with E-state index in [-0.39, 0.29) is 0 Å². The van der Waals surface area contributed by atoms with E-state index in [2.05, 4.69) is 36.7 Å². The first kappa shape index (κ1) is 15.9. The zero-order valence-electron chi connectivity index (χ0n) is 14.8. The van der Waals surface area contributed by atoms with E-state index in [1.54, 1.807) is 6.07 Å². The molecule has 0 aromatic carbocycles. The average Bonchev–Trinajstić information content (AvgIpc) is 3.02. The topological polar surface area (TPSA) is 108 Å². The molecule has 0 radical (unpaired) electrons. The maximum absolute atomic E-state index is 9.11. The molecule has 9 heteroatoms. The van der Waals surface area contributed by atoms with Crippen molar-refractivity contribution in [2.24, 2.45) is 5.92 Å². The van der Waals surface area contributed by atoms with Crippen molar-refractivity contribution in [1.82, 2.24) is 30.0 Å². The lowest BCUT2D eigenvalue weighted by Crippen LogP contribution is -2.50. The van der Waals surface area contributed by atoms with Gasteiger partial charge >= 0.3 is 0 Å².